The summed E-state index contributed by atoms with van der Waals surface area (Å²) in [5, 5.41) is 10.1. The molecule has 0 rings (SSSR count). The fourth-order valence-electron chi connectivity index (χ4n) is 5.90. The summed E-state index contributed by atoms with van der Waals surface area (Å²) in [5.41, 5.74) is 0. The fraction of sp³-hybridized carbons (Fsp3) is 0.714. The molecule has 346 valence electrons. The zero-order valence-corrected chi connectivity index (χ0v) is 39.4. The van der Waals surface area contributed by atoms with Crippen LogP contribution >= 0.6 is 7.82 Å². The molecule has 2 unspecified atom stereocenters. The van der Waals surface area contributed by atoms with Gasteiger partial charge in [0, 0.05) is 12.8 Å². The lowest BCUT2D eigenvalue weighted by molar-refractivity contribution is -0.870. The van der Waals surface area contributed by atoms with Gasteiger partial charge in [-0.3, -0.25) is 14.2 Å². The van der Waals surface area contributed by atoms with E-state index in [2.05, 4.69) is 68.5 Å². The zero-order valence-electron chi connectivity index (χ0n) is 38.5. The van der Waals surface area contributed by atoms with Crippen molar-refractivity contribution < 1.29 is 47.2 Å². The van der Waals surface area contributed by atoms with Crippen molar-refractivity contribution in [3.05, 3.63) is 72.9 Å². The number of hydrogen-bond acceptors (Lipinski definition) is 9. The summed E-state index contributed by atoms with van der Waals surface area (Å²) in [4.78, 5) is 37.6. The molecular weight excluding hydrogens is 778 g/mol. The lowest BCUT2D eigenvalue weighted by atomic mass is 10.1. The number of phosphoric ester groups is 1. The molecule has 0 aromatic heterocycles. The molecule has 0 heterocycles. The van der Waals surface area contributed by atoms with Gasteiger partial charge in [0.05, 0.1) is 33.9 Å². The highest BCUT2D eigenvalue weighted by Crippen LogP contribution is 2.38. The van der Waals surface area contributed by atoms with Crippen LogP contribution in [0.1, 0.15) is 168 Å². The van der Waals surface area contributed by atoms with E-state index in [-0.39, 0.29) is 26.1 Å². The zero-order chi connectivity index (χ0) is 44.4. The molecule has 60 heavy (non-hydrogen) atoms. The molecule has 0 spiro atoms. The van der Waals surface area contributed by atoms with E-state index < -0.39 is 38.6 Å². The number of esters is 2. The van der Waals surface area contributed by atoms with E-state index in [0.29, 0.717) is 30.3 Å². The van der Waals surface area contributed by atoms with Crippen molar-refractivity contribution in [2.75, 3.05) is 47.5 Å². The molecular formula is C49H86NO9P. The highest BCUT2D eigenvalue weighted by atomic mass is 31.2. The first-order valence-electron chi connectivity index (χ1n) is 23.3. The summed E-state index contributed by atoms with van der Waals surface area (Å²) >= 11 is 0. The first-order chi connectivity index (χ1) is 28.9. The van der Waals surface area contributed by atoms with Crippen LogP contribution in [0.25, 0.3) is 0 Å². The van der Waals surface area contributed by atoms with E-state index >= 15 is 0 Å². The molecule has 10 nitrogen and oxygen atoms in total. The second kappa shape index (κ2) is 40.5. The van der Waals surface area contributed by atoms with Crippen molar-refractivity contribution in [1.29, 1.82) is 0 Å². The van der Waals surface area contributed by atoms with Crippen LogP contribution < -0.4 is 4.89 Å². The number of hydrogen-bond donors (Lipinski definition) is 1. The average Bonchev–Trinajstić information content (AvgIpc) is 3.19. The smallest absolute Gasteiger partial charge is 0.306 e. The number of quaternary nitrogens is 1. The predicted octanol–water partition coefficient (Wildman–Crippen LogP) is 11.7. The van der Waals surface area contributed by atoms with Gasteiger partial charge in [0.2, 0.25) is 0 Å². The Bertz CT molecular complexity index is 1270. The van der Waals surface area contributed by atoms with Gasteiger partial charge in [-0.2, -0.15) is 0 Å². The molecule has 0 saturated heterocycles. The summed E-state index contributed by atoms with van der Waals surface area (Å²) in [7, 11) is 1.09. The van der Waals surface area contributed by atoms with Crippen molar-refractivity contribution in [3.63, 3.8) is 0 Å². The maximum atomic E-state index is 12.7. The van der Waals surface area contributed by atoms with Crippen LogP contribution in [-0.4, -0.2) is 81.2 Å². The van der Waals surface area contributed by atoms with E-state index in [4.69, 9.17) is 18.5 Å². The number of aliphatic hydroxyl groups is 1. The van der Waals surface area contributed by atoms with Crippen molar-refractivity contribution in [3.8, 4) is 0 Å². The van der Waals surface area contributed by atoms with Crippen molar-refractivity contribution in [2.45, 2.75) is 180 Å². The number of nitrogens with zero attached hydrogens (tertiary/aromatic N) is 1. The third-order valence-corrected chi connectivity index (χ3v) is 10.5. The molecule has 3 atom stereocenters. The van der Waals surface area contributed by atoms with Crippen molar-refractivity contribution in [1.82, 2.24) is 0 Å². The van der Waals surface area contributed by atoms with Gasteiger partial charge in [-0.15, -0.1) is 0 Å². The lowest BCUT2D eigenvalue weighted by Gasteiger charge is -2.28. The average molecular weight is 864 g/mol. The number of rotatable bonds is 41. The van der Waals surface area contributed by atoms with Gasteiger partial charge in [0.1, 0.15) is 19.8 Å². The molecule has 0 radical (unpaired) electrons. The number of carbonyl (C=O) groups excluding carboxylic acids is 2. The van der Waals surface area contributed by atoms with Gasteiger partial charge in [-0.1, -0.05) is 157 Å². The Morgan fingerprint density at radius 1 is 0.633 bits per heavy atom. The van der Waals surface area contributed by atoms with Crippen LogP contribution in [0.15, 0.2) is 72.9 Å². The largest absolute Gasteiger partial charge is 0.756 e. The SMILES string of the molecule is CC/C=C/C/C=C/C=C/C(O)CCCCCCCC(=O)OC[C@H](COP(=O)([O-])OCC[N+](C)(C)C)OC(=O)CCCCCCCC/C=C\C/C=C\C/C=C\CCCCCC. The lowest BCUT2D eigenvalue weighted by Crippen LogP contribution is -2.37. The van der Waals surface area contributed by atoms with Gasteiger partial charge in [-0.05, 0) is 70.6 Å². The van der Waals surface area contributed by atoms with Crippen LogP contribution in [0, 0.1) is 0 Å². The molecule has 0 aromatic carbocycles. The normalized spacial score (nSPS) is 14.7. The minimum absolute atomic E-state index is 0.0533. The number of ether oxygens (including phenoxy) is 2. The maximum absolute atomic E-state index is 12.7. The van der Waals surface area contributed by atoms with E-state index in [0.717, 1.165) is 89.9 Å². The summed E-state index contributed by atoms with van der Waals surface area (Å²) in [5.74, 6) is -0.931. The molecule has 11 heteroatoms. The van der Waals surface area contributed by atoms with Crippen LogP contribution in [0.5, 0.6) is 0 Å². The topological polar surface area (TPSA) is 131 Å². The maximum Gasteiger partial charge on any atom is 0.306 e. The number of aliphatic hydroxyl groups excluding tert-OH is 1. The van der Waals surface area contributed by atoms with E-state index in [1.54, 1.807) is 6.08 Å². The Morgan fingerprint density at radius 2 is 1.17 bits per heavy atom. The number of likely N-dealkylation sites (N-methyl/N-ethyl adjacent to an activating group) is 1. The van der Waals surface area contributed by atoms with E-state index in [9.17, 15) is 24.2 Å². The van der Waals surface area contributed by atoms with Crippen molar-refractivity contribution in [2.24, 2.45) is 0 Å². The molecule has 0 bridgehead atoms. The van der Waals surface area contributed by atoms with Gasteiger partial charge in [0.25, 0.3) is 7.82 Å². The number of unbranched alkanes of at least 4 members (excludes halogenated alkanes) is 14. The minimum Gasteiger partial charge on any atom is -0.756 e. The van der Waals surface area contributed by atoms with Crippen molar-refractivity contribution >= 4 is 19.8 Å². The molecule has 0 amide bonds. The monoisotopic (exact) mass is 864 g/mol. The Hall–Kier alpha value is -2.59. The number of carbonyl (C=O) groups is 2. The van der Waals surface area contributed by atoms with Crippen LogP contribution in [0.2, 0.25) is 0 Å². The highest BCUT2D eigenvalue weighted by molar-refractivity contribution is 7.45. The van der Waals surface area contributed by atoms with Gasteiger partial charge in [-0.25, -0.2) is 0 Å². The van der Waals surface area contributed by atoms with Gasteiger partial charge in [0.15, 0.2) is 6.10 Å². The Balaban J connectivity index is 4.44. The minimum atomic E-state index is -4.66. The fourth-order valence-corrected chi connectivity index (χ4v) is 6.63. The standard InChI is InChI=1S/C49H86NO9P/c1-6-8-10-12-14-15-16-17-18-19-20-21-22-23-24-25-26-28-32-37-41-49(53)59-47(45-58-60(54,55)57-43-42-50(3,4)5)44-56-48(52)40-36-33-29-31-35-39-46(51)38-34-30-27-13-11-9-7-2/h9,11,15-16,18-19,21-22,27,30,34,38,46-47,51H,6-8,10,12-14,17,20,23-26,28-29,31-33,35-37,39-45H2,1-5H3/b11-9+,16-15-,19-18-,22-21-,30-27+,38-34+/t46?,47-/m1/s1. The molecule has 0 aliphatic rings. The third-order valence-electron chi connectivity index (χ3n) is 9.56. The molecule has 0 aliphatic heterocycles. The van der Waals surface area contributed by atoms with Gasteiger partial charge >= 0.3 is 11.9 Å². The van der Waals surface area contributed by atoms with Crippen LogP contribution in [0.4, 0.5) is 0 Å². The molecule has 0 aliphatic carbocycles. The summed E-state index contributed by atoms with van der Waals surface area (Å²) in [6.07, 6.45) is 46.6. The summed E-state index contributed by atoms with van der Waals surface area (Å²) in [6, 6.07) is 0. The molecule has 0 aromatic rings. The third kappa shape index (κ3) is 43.5. The van der Waals surface area contributed by atoms with Crippen LogP contribution in [0.3, 0.4) is 0 Å². The Kier molecular flexibility index (Phi) is 38.7. The quantitative estimate of drug-likeness (QED) is 0.0159. The molecule has 0 fully saturated rings. The second-order valence-corrected chi connectivity index (χ2v) is 18.0. The van der Waals surface area contributed by atoms with Crippen LogP contribution in [-0.2, 0) is 32.7 Å². The Labute approximate surface area is 366 Å². The van der Waals surface area contributed by atoms with E-state index in [1.165, 1.54) is 32.1 Å². The Morgan fingerprint density at radius 3 is 1.78 bits per heavy atom. The summed E-state index contributed by atoms with van der Waals surface area (Å²) in [6.45, 7) is 3.94. The second-order valence-electron chi connectivity index (χ2n) is 16.6. The first-order valence-corrected chi connectivity index (χ1v) is 24.7. The van der Waals surface area contributed by atoms with Gasteiger partial charge < -0.3 is 33.0 Å². The number of allylic oxidation sites excluding steroid dienone is 11. The number of phosphoric acid groups is 1. The van der Waals surface area contributed by atoms with E-state index in [1.807, 2.05) is 33.3 Å². The summed E-state index contributed by atoms with van der Waals surface area (Å²) < 4.78 is 33.9. The first kappa shape index (κ1) is 57.4. The molecule has 1 N–H and O–H groups in total. The predicted molar refractivity (Wildman–Crippen MR) is 246 cm³/mol. The molecule has 0 saturated carbocycles. The highest BCUT2D eigenvalue weighted by Gasteiger charge is 2.21.